The van der Waals surface area contributed by atoms with Crippen molar-refractivity contribution in [2.24, 2.45) is 5.73 Å². The highest BCUT2D eigenvalue weighted by molar-refractivity contribution is 5.98. The number of allylic oxidation sites excluding steroid dienone is 2. The maximum absolute atomic E-state index is 13.7. The van der Waals surface area contributed by atoms with Crippen LogP contribution in [0.4, 0.5) is 5.95 Å². The number of ether oxygens (including phenoxy) is 1. The number of hydrogen-bond acceptors (Lipinski definition) is 7. The standard InChI is InChI=1S/C27H34N6O4/c1-18(2)10-14-33-25-21(30-27(33)32-12-6-7-19(28)15-32)11-13-31(26(25)36)16-22(34)20-8-4-5-9-23(20)37-17-24(35)29-3/h4-5,8-11,13,19H,6-7,12,14-17,28H2,1-3H3,(H,29,35). The summed E-state index contributed by atoms with van der Waals surface area (Å²) in [5, 5.41) is 2.48. The summed E-state index contributed by atoms with van der Waals surface area (Å²) < 4.78 is 8.86. The minimum atomic E-state index is -0.306. The lowest BCUT2D eigenvalue weighted by Gasteiger charge is -2.31. The van der Waals surface area contributed by atoms with Crippen LogP contribution in [0.2, 0.25) is 0 Å². The van der Waals surface area contributed by atoms with Gasteiger partial charge >= 0.3 is 0 Å². The van der Waals surface area contributed by atoms with Gasteiger partial charge in [0.2, 0.25) is 5.95 Å². The zero-order valence-corrected chi connectivity index (χ0v) is 21.6. The predicted octanol–water partition coefficient (Wildman–Crippen LogP) is 2.10. The molecule has 1 atom stereocenters. The number of pyridine rings is 1. The molecule has 3 aromatic rings. The van der Waals surface area contributed by atoms with Gasteiger partial charge in [-0.05, 0) is 44.9 Å². The third kappa shape index (κ3) is 5.91. The Morgan fingerprint density at radius 3 is 2.76 bits per heavy atom. The third-order valence-corrected chi connectivity index (χ3v) is 6.41. The van der Waals surface area contributed by atoms with Crippen molar-refractivity contribution in [3.05, 3.63) is 64.1 Å². The van der Waals surface area contributed by atoms with E-state index < -0.39 is 0 Å². The summed E-state index contributed by atoms with van der Waals surface area (Å²) in [6.45, 7) is 5.63. The number of nitrogens with one attached hydrogen (secondary N) is 1. The first kappa shape index (κ1) is 26.2. The number of nitrogens with two attached hydrogens (primary N) is 1. The van der Waals surface area contributed by atoms with Gasteiger partial charge in [-0.15, -0.1) is 0 Å². The summed E-state index contributed by atoms with van der Waals surface area (Å²) in [4.78, 5) is 45.4. The van der Waals surface area contributed by atoms with E-state index in [1.54, 1.807) is 36.5 Å². The van der Waals surface area contributed by atoms with Crippen molar-refractivity contribution in [3.8, 4) is 5.75 Å². The molecule has 37 heavy (non-hydrogen) atoms. The Morgan fingerprint density at radius 1 is 1.24 bits per heavy atom. The molecule has 4 rings (SSSR count). The molecule has 10 nitrogen and oxygen atoms in total. The average molecular weight is 507 g/mol. The first-order valence-electron chi connectivity index (χ1n) is 12.5. The number of Topliss-reactive ketones (excluding diaryl/α,β-unsaturated/α-hetero) is 1. The van der Waals surface area contributed by atoms with Crippen LogP contribution >= 0.6 is 0 Å². The number of fused-ring (bicyclic) bond motifs is 1. The molecular formula is C27H34N6O4. The maximum atomic E-state index is 13.7. The molecule has 1 aliphatic rings. The lowest BCUT2D eigenvalue weighted by atomic mass is 10.1. The molecule has 1 fully saturated rings. The number of nitrogens with zero attached hydrogens (tertiary/aromatic N) is 4. The number of aromatic nitrogens is 3. The minimum Gasteiger partial charge on any atom is -0.483 e. The fourth-order valence-corrected chi connectivity index (χ4v) is 4.45. The number of carbonyl (C=O) groups is 2. The Bertz CT molecular complexity index is 1390. The predicted molar refractivity (Wildman–Crippen MR) is 143 cm³/mol. The van der Waals surface area contributed by atoms with Gasteiger partial charge in [-0.25, -0.2) is 4.98 Å². The topological polar surface area (TPSA) is 124 Å². The van der Waals surface area contributed by atoms with Crippen molar-refractivity contribution in [1.29, 1.82) is 0 Å². The van der Waals surface area contributed by atoms with Crippen LogP contribution in [0.25, 0.3) is 11.0 Å². The highest BCUT2D eigenvalue weighted by Crippen LogP contribution is 2.24. The number of para-hydroxylation sites is 1. The van der Waals surface area contributed by atoms with E-state index in [1.165, 1.54) is 11.6 Å². The normalized spacial score (nSPS) is 15.5. The molecule has 1 aromatic carbocycles. The average Bonchev–Trinajstić information content (AvgIpc) is 3.27. The second-order valence-electron chi connectivity index (χ2n) is 9.52. The van der Waals surface area contributed by atoms with E-state index in [1.807, 2.05) is 18.4 Å². The molecule has 10 heteroatoms. The summed E-state index contributed by atoms with van der Waals surface area (Å²) in [7, 11) is 1.51. The van der Waals surface area contributed by atoms with Crippen LogP contribution in [-0.2, 0) is 17.9 Å². The molecule has 0 saturated carbocycles. The second kappa shape index (κ2) is 11.4. The van der Waals surface area contributed by atoms with Crippen LogP contribution in [-0.4, -0.2) is 58.6 Å². The van der Waals surface area contributed by atoms with E-state index in [4.69, 9.17) is 15.5 Å². The fourth-order valence-electron chi connectivity index (χ4n) is 4.45. The molecule has 2 aromatic heterocycles. The lowest BCUT2D eigenvalue weighted by molar-refractivity contribution is -0.122. The van der Waals surface area contributed by atoms with E-state index in [0.717, 1.165) is 30.9 Å². The van der Waals surface area contributed by atoms with Crippen LogP contribution in [0.3, 0.4) is 0 Å². The molecule has 1 unspecified atom stereocenters. The SMILES string of the molecule is CNC(=O)COc1ccccc1C(=O)Cn1ccc2nc(N3CCCC(N)C3)n(CC=C(C)C)c2c1=O. The van der Waals surface area contributed by atoms with Crippen LogP contribution < -0.4 is 26.2 Å². The van der Waals surface area contributed by atoms with E-state index in [0.29, 0.717) is 35.4 Å². The Balaban J connectivity index is 1.69. The van der Waals surface area contributed by atoms with Crippen molar-refractivity contribution in [2.75, 3.05) is 31.6 Å². The molecule has 196 valence electrons. The quantitative estimate of drug-likeness (QED) is 0.336. The van der Waals surface area contributed by atoms with Gasteiger partial charge in [0.15, 0.2) is 12.4 Å². The monoisotopic (exact) mass is 506 g/mol. The van der Waals surface area contributed by atoms with Gasteiger partial charge in [0.05, 0.1) is 17.6 Å². The number of hydrogen-bond donors (Lipinski definition) is 2. The lowest BCUT2D eigenvalue weighted by Crippen LogP contribution is -2.44. The first-order chi connectivity index (χ1) is 17.8. The van der Waals surface area contributed by atoms with E-state index in [2.05, 4.69) is 16.3 Å². The highest BCUT2D eigenvalue weighted by atomic mass is 16.5. The number of imidazole rings is 1. The summed E-state index contributed by atoms with van der Waals surface area (Å²) in [5.41, 5.74) is 8.40. The number of anilines is 1. The minimum absolute atomic E-state index is 0.0606. The number of piperidine rings is 1. The van der Waals surface area contributed by atoms with Gasteiger partial charge < -0.3 is 29.8 Å². The molecule has 1 saturated heterocycles. The molecule has 1 aliphatic heterocycles. The number of benzene rings is 1. The molecule has 0 bridgehead atoms. The van der Waals surface area contributed by atoms with Gasteiger partial charge in [-0.1, -0.05) is 23.8 Å². The maximum Gasteiger partial charge on any atom is 0.277 e. The zero-order chi connectivity index (χ0) is 26.5. The van der Waals surface area contributed by atoms with Gasteiger partial charge in [0.1, 0.15) is 11.3 Å². The van der Waals surface area contributed by atoms with Crippen LogP contribution in [0.15, 0.2) is 53.0 Å². The first-order valence-corrected chi connectivity index (χ1v) is 12.5. The van der Waals surface area contributed by atoms with Crippen LogP contribution in [0.5, 0.6) is 5.75 Å². The van der Waals surface area contributed by atoms with Crippen molar-refractivity contribution >= 4 is 28.7 Å². The van der Waals surface area contributed by atoms with Crippen molar-refractivity contribution in [3.63, 3.8) is 0 Å². The summed E-state index contributed by atoms with van der Waals surface area (Å²) >= 11 is 0. The van der Waals surface area contributed by atoms with Gasteiger partial charge in [-0.2, -0.15) is 0 Å². The molecule has 0 spiro atoms. The number of ketones is 1. The fraction of sp³-hybridized carbons (Fsp3) is 0.407. The van der Waals surface area contributed by atoms with Gasteiger partial charge in [-0.3, -0.25) is 14.4 Å². The Kier molecular flexibility index (Phi) is 8.08. The number of rotatable bonds is 9. The van der Waals surface area contributed by atoms with Crippen molar-refractivity contribution in [1.82, 2.24) is 19.4 Å². The largest absolute Gasteiger partial charge is 0.483 e. The second-order valence-corrected chi connectivity index (χ2v) is 9.52. The summed E-state index contributed by atoms with van der Waals surface area (Å²) in [6.07, 6.45) is 5.58. The van der Waals surface area contributed by atoms with E-state index in [9.17, 15) is 14.4 Å². The zero-order valence-electron chi connectivity index (χ0n) is 21.6. The van der Waals surface area contributed by atoms with E-state index in [-0.39, 0.29) is 36.4 Å². The summed E-state index contributed by atoms with van der Waals surface area (Å²) in [6, 6.07) is 8.53. The van der Waals surface area contributed by atoms with Crippen LogP contribution in [0.1, 0.15) is 37.0 Å². The number of amides is 1. The highest BCUT2D eigenvalue weighted by Gasteiger charge is 2.24. The number of likely N-dealkylation sites (N-methyl/N-ethyl adjacent to an activating group) is 1. The summed E-state index contributed by atoms with van der Waals surface area (Å²) in [5.74, 6) is 0.407. The Morgan fingerprint density at radius 2 is 2.03 bits per heavy atom. The van der Waals surface area contributed by atoms with Gasteiger partial charge in [0.25, 0.3) is 11.5 Å². The van der Waals surface area contributed by atoms with Crippen LogP contribution in [0, 0.1) is 0 Å². The molecule has 0 radical (unpaired) electrons. The Labute approximate surface area is 215 Å². The molecule has 0 aliphatic carbocycles. The Hall–Kier alpha value is -3.92. The molecular weight excluding hydrogens is 472 g/mol. The van der Waals surface area contributed by atoms with E-state index >= 15 is 0 Å². The molecule has 3 N–H and O–H groups in total. The number of carbonyl (C=O) groups excluding carboxylic acids is 2. The smallest absolute Gasteiger partial charge is 0.277 e. The van der Waals surface area contributed by atoms with Gasteiger partial charge in [0, 0.05) is 38.9 Å². The molecule has 3 heterocycles. The molecule has 1 amide bonds. The van der Waals surface area contributed by atoms with Crippen molar-refractivity contribution in [2.45, 2.75) is 45.8 Å². The van der Waals surface area contributed by atoms with Crippen molar-refractivity contribution < 1.29 is 14.3 Å². The third-order valence-electron chi connectivity index (χ3n) is 6.41.